The Bertz CT molecular complexity index is 706. The van der Waals surface area contributed by atoms with E-state index < -0.39 is 41.4 Å². The Morgan fingerprint density at radius 1 is 1.16 bits per heavy atom. The molecule has 25 heavy (non-hydrogen) atoms. The predicted molar refractivity (Wildman–Crippen MR) is 80.8 cm³/mol. The molecule has 0 bridgehead atoms. The number of halogens is 2. The second kappa shape index (κ2) is 6.75. The fourth-order valence-electron chi connectivity index (χ4n) is 3.08. The van der Waals surface area contributed by atoms with Gasteiger partial charge in [-0.1, -0.05) is 0 Å². The Kier molecular flexibility index (Phi) is 4.67. The Hall–Kier alpha value is -2.55. The van der Waals surface area contributed by atoms with Gasteiger partial charge in [0.2, 0.25) is 11.8 Å². The fourth-order valence-corrected chi connectivity index (χ4v) is 3.08. The maximum Gasteiger partial charge on any atom is 0.334 e. The summed E-state index contributed by atoms with van der Waals surface area (Å²) in [7, 11) is 0. The quantitative estimate of drug-likeness (QED) is 0.805. The summed E-state index contributed by atoms with van der Waals surface area (Å²) in [6, 6.07) is 2.76. The van der Waals surface area contributed by atoms with Gasteiger partial charge < -0.3 is 19.6 Å². The van der Waals surface area contributed by atoms with E-state index in [2.05, 4.69) is 0 Å². The van der Waals surface area contributed by atoms with Gasteiger partial charge in [-0.2, -0.15) is 0 Å². The monoisotopic (exact) mass is 354 g/mol. The first-order valence-electron chi connectivity index (χ1n) is 7.77. The van der Waals surface area contributed by atoms with Gasteiger partial charge in [0.1, 0.15) is 17.6 Å². The van der Waals surface area contributed by atoms with Crippen molar-refractivity contribution in [3.05, 3.63) is 29.8 Å². The van der Waals surface area contributed by atoms with E-state index in [0.717, 1.165) is 12.1 Å². The van der Waals surface area contributed by atoms with Crippen molar-refractivity contribution in [1.82, 2.24) is 4.90 Å². The van der Waals surface area contributed by atoms with E-state index in [1.165, 1.54) is 9.80 Å². The smallest absolute Gasteiger partial charge is 0.334 e. The predicted octanol–water partition coefficient (Wildman–Crippen LogP) is 0.630. The highest BCUT2D eigenvalue weighted by Gasteiger charge is 2.41. The number of aliphatic carboxylic acids is 1. The molecule has 0 unspecified atom stereocenters. The first kappa shape index (κ1) is 17.3. The standard InChI is InChI=1S/C16H16F2N2O5/c17-9-5-10(18)7-11(6-9)20-2-1-12(15(20)22)14(21)19-3-4-25-13(8-19)16(23)24/h5-7,12-13H,1-4,8H2,(H,23,24)/t12-,13+/m0/s1. The van der Waals surface area contributed by atoms with Gasteiger partial charge in [0.15, 0.2) is 6.10 Å². The number of hydrogen-bond donors (Lipinski definition) is 1. The number of benzene rings is 1. The van der Waals surface area contributed by atoms with Crippen molar-refractivity contribution in [2.24, 2.45) is 5.92 Å². The molecule has 3 rings (SSSR count). The number of nitrogens with zero attached hydrogens (tertiary/aromatic N) is 2. The Morgan fingerprint density at radius 3 is 2.48 bits per heavy atom. The molecule has 1 aromatic rings. The second-order valence-electron chi connectivity index (χ2n) is 5.94. The van der Waals surface area contributed by atoms with Crippen LogP contribution >= 0.6 is 0 Å². The fraction of sp³-hybridized carbons (Fsp3) is 0.438. The van der Waals surface area contributed by atoms with Crippen LogP contribution in [0, 0.1) is 17.6 Å². The van der Waals surface area contributed by atoms with Crippen LogP contribution in [0.1, 0.15) is 6.42 Å². The SMILES string of the molecule is O=C(O)[C@H]1CN(C(=O)[C@@H]2CCN(c3cc(F)cc(F)c3)C2=O)CCO1. The third-order valence-corrected chi connectivity index (χ3v) is 4.32. The average Bonchev–Trinajstić information content (AvgIpc) is 2.95. The summed E-state index contributed by atoms with van der Waals surface area (Å²) in [5, 5.41) is 8.99. The molecular formula is C16H16F2N2O5. The molecule has 2 amide bonds. The summed E-state index contributed by atoms with van der Waals surface area (Å²) >= 11 is 0. The normalized spacial score (nSPS) is 23.8. The van der Waals surface area contributed by atoms with Crippen LogP contribution in [0.4, 0.5) is 14.5 Å². The number of carboxylic acid groups (broad SMARTS) is 1. The van der Waals surface area contributed by atoms with Crippen LogP contribution in [0.5, 0.6) is 0 Å². The maximum absolute atomic E-state index is 13.4. The van der Waals surface area contributed by atoms with E-state index in [-0.39, 0.29) is 38.3 Å². The molecule has 1 aromatic carbocycles. The van der Waals surface area contributed by atoms with Crippen molar-refractivity contribution >= 4 is 23.5 Å². The zero-order valence-electron chi connectivity index (χ0n) is 13.2. The van der Waals surface area contributed by atoms with Gasteiger partial charge >= 0.3 is 5.97 Å². The molecule has 2 saturated heterocycles. The first-order chi connectivity index (χ1) is 11.9. The highest BCUT2D eigenvalue weighted by Crippen LogP contribution is 2.28. The number of carbonyl (C=O) groups excluding carboxylic acids is 2. The molecule has 0 spiro atoms. The van der Waals surface area contributed by atoms with E-state index in [9.17, 15) is 23.2 Å². The van der Waals surface area contributed by atoms with Crippen molar-refractivity contribution in [3.8, 4) is 0 Å². The topological polar surface area (TPSA) is 87.2 Å². The van der Waals surface area contributed by atoms with Crippen LogP contribution < -0.4 is 4.90 Å². The van der Waals surface area contributed by atoms with Crippen molar-refractivity contribution < 1.29 is 33.0 Å². The Balaban J connectivity index is 1.73. The van der Waals surface area contributed by atoms with Crippen LogP contribution in [-0.2, 0) is 19.1 Å². The lowest BCUT2D eigenvalue weighted by Gasteiger charge is -2.32. The molecule has 2 fully saturated rings. The number of amides is 2. The van der Waals surface area contributed by atoms with E-state index in [4.69, 9.17) is 9.84 Å². The number of hydrogen-bond acceptors (Lipinski definition) is 4. The highest BCUT2D eigenvalue weighted by molar-refractivity contribution is 6.09. The number of morpholine rings is 1. The van der Waals surface area contributed by atoms with Gasteiger partial charge in [-0.15, -0.1) is 0 Å². The minimum atomic E-state index is -1.17. The molecule has 2 aliphatic heterocycles. The van der Waals surface area contributed by atoms with Crippen LogP contribution in [0.25, 0.3) is 0 Å². The van der Waals surface area contributed by atoms with Gasteiger partial charge in [0.05, 0.1) is 13.2 Å². The van der Waals surface area contributed by atoms with E-state index in [1.54, 1.807) is 0 Å². The summed E-state index contributed by atoms with van der Waals surface area (Å²) in [6.07, 6.45) is -0.923. The number of rotatable bonds is 3. The lowest BCUT2D eigenvalue weighted by Crippen LogP contribution is -2.51. The lowest BCUT2D eigenvalue weighted by atomic mass is 10.1. The van der Waals surface area contributed by atoms with Crippen LogP contribution in [0.2, 0.25) is 0 Å². The Labute approximate surface area is 141 Å². The van der Waals surface area contributed by atoms with Crippen molar-refractivity contribution in [3.63, 3.8) is 0 Å². The summed E-state index contributed by atoms with van der Waals surface area (Å²) in [5.74, 6) is -4.82. The molecule has 1 N–H and O–H groups in total. The molecule has 2 atom stereocenters. The van der Waals surface area contributed by atoms with Gasteiger partial charge in [-0.3, -0.25) is 9.59 Å². The van der Waals surface area contributed by atoms with Gasteiger partial charge in [0, 0.05) is 24.8 Å². The number of anilines is 1. The summed E-state index contributed by atoms with van der Waals surface area (Å²) in [6.45, 7) is 0.292. The first-order valence-corrected chi connectivity index (χ1v) is 7.77. The zero-order chi connectivity index (χ0) is 18.1. The largest absolute Gasteiger partial charge is 0.479 e. The number of carboxylic acids is 1. The van der Waals surface area contributed by atoms with Crippen LogP contribution in [0.15, 0.2) is 18.2 Å². The number of ether oxygens (including phenoxy) is 1. The van der Waals surface area contributed by atoms with Crippen LogP contribution in [0.3, 0.4) is 0 Å². The third kappa shape index (κ3) is 3.46. The van der Waals surface area contributed by atoms with Crippen LogP contribution in [-0.4, -0.2) is 60.1 Å². The van der Waals surface area contributed by atoms with Gasteiger partial charge in [0.25, 0.3) is 0 Å². The van der Waals surface area contributed by atoms with Gasteiger partial charge in [-0.25, -0.2) is 13.6 Å². The maximum atomic E-state index is 13.4. The molecule has 9 heteroatoms. The van der Waals surface area contributed by atoms with Crippen molar-refractivity contribution in [2.75, 3.05) is 31.1 Å². The summed E-state index contributed by atoms with van der Waals surface area (Å²) < 4.78 is 31.8. The molecule has 7 nitrogen and oxygen atoms in total. The molecule has 2 heterocycles. The molecule has 0 radical (unpaired) electrons. The van der Waals surface area contributed by atoms with E-state index >= 15 is 0 Å². The summed E-state index contributed by atoms with van der Waals surface area (Å²) in [5.41, 5.74) is 0.0585. The Morgan fingerprint density at radius 2 is 1.84 bits per heavy atom. The lowest BCUT2D eigenvalue weighted by molar-refractivity contribution is -0.160. The van der Waals surface area contributed by atoms with E-state index in [0.29, 0.717) is 6.07 Å². The molecule has 2 aliphatic rings. The van der Waals surface area contributed by atoms with Crippen molar-refractivity contribution in [2.45, 2.75) is 12.5 Å². The molecule has 0 saturated carbocycles. The molecular weight excluding hydrogens is 338 g/mol. The average molecular weight is 354 g/mol. The minimum Gasteiger partial charge on any atom is -0.479 e. The molecule has 134 valence electrons. The second-order valence-corrected chi connectivity index (χ2v) is 5.94. The number of carbonyl (C=O) groups is 3. The third-order valence-electron chi connectivity index (χ3n) is 4.32. The molecule has 0 aromatic heterocycles. The zero-order valence-corrected chi connectivity index (χ0v) is 13.2. The van der Waals surface area contributed by atoms with E-state index in [1.807, 2.05) is 0 Å². The van der Waals surface area contributed by atoms with Crippen molar-refractivity contribution in [1.29, 1.82) is 0 Å². The summed E-state index contributed by atoms with van der Waals surface area (Å²) in [4.78, 5) is 38.5. The minimum absolute atomic E-state index is 0.0585. The van der Waals surface area contributed by atoms with Gasteiger partial charge in [-0.05, 0) is 18.6 Å². The molecule has 0 aliphatic carbocycles. The highest BCUT2D eigenvalue weighted by atomic mass is 19.1.